The Morgan fingerprint density at radius 2 is 2.00 bits per heavy atom. The summed E-state index contributed by atoms with van der Waals surface area (Å²) in [7, 11) is 0. The van der Waals surface area contributed by atoms with Gasteiger partial charge in [-0.1, -0.05) is 18.2 Å². The van der Waals surface area contributed by atoms with E-state index in [2.05, 4.69) is 5.53 Å². The first-order valence-corrected chi connectivity index (χ1v) is 3.30. The minimum atomic E-state index is -1.15. The standard InChI is InChI=1S/C7H9N3O2/c8-9-10(7(11)12)6-4-2-1-3-5-6/h1-5,9H,8H2,(H,11,12). The van der Waals surface area contributed by atoms with Gasteiger partial charge in [0, 0.05) is 0 Å². The van der Waals surface area contributed by atoms with Crippen LogP contribution >= 0.6 is 0 Å². The quantitative estimate of drug-likeness (QED) is 0.444. The van der Waals surface area contributed by atoms with Crippen LogP contribution in [0.15, 0.2) is 30.3 Å². The van der Waals surface area contributed by atoms with Gasteiger partial charge in [-0.25, -0.2) is 4.79 Å². The third-order valence-electron chi connectivity index (χ3n) is 1.33. The predicted molar refractivity (Wildman–Crippen MR) is 44.3 cm³/mol. The Balaban J connectivity index is 2.88. The molecule has 0 heterocycles. The van der Waals surface area contributed by atoms with Crippen LogP contribution < -0.4 is 16.4 Å². The van der Waals surface area contributed by atoms with Crippen molar-refractivity contribution in [3.8, 4) is 0 Å². The van der Waals surface area contributed by atoms with Gasteiger partial charge < -0.3 is 5.11 Å². The highest BCUT2D eigenvalue weighted by Gasteiger charge is 2.10. The molecule has 5 heteroatoms. The Hall–Kier alpha value is -1.59. The number of anilines is 1. The zero-order chi connectivity index (χ0) is 8.97. The lowest BCUT2D eigenvalue weighted by atomic mass is 10.3. The zero-order valence-corrected chi connectivity index (χ0v) is 6.27. The minimum Gasteiger partial charge on any atom is -0.464 e. The molecule has 0 aliphatic heterocycles. The molecule has 5 nitrogen and oxygen atoms in total. The van der Waals surface area contributed by atoms with E-state index in [1.807, 2.05) is 0 Å². The Kier molecular flexibility index (Phi) is 2.62. The van der Waals surface area contributed by atoms with Gasteiger partial charge in [0.05, 0.1) is 5.69 Å². The number of hydrazine groups is 2. The van der Waals surface area contributed by atoms with E-state index in [9.17, 15) is 4.79 Å². The maximum absolute atomic E-state index is 10.5. The number of hydrogen-bond donors (Lipinski definition) is 3. The maximum atomic E-state index is 10.5. The molecule has 1 amide bonds. The second-order valence-corrected chi connectivity index (χ2v) is 2.08. The van der Waals surface area contributed by atoms with E-state index >= 15 is 0 Å². The summed E-state index contributed by atoms with van der Waals surface area (Å²) in [5.41, 5.74) is 2.53. The van der Waals surface area contributed by atoms with Crippen LogP contribution in [-0.4, -0.2) is 11.2 Å². The van der Waals surface area contributed by atoms with Gasteiger partial charge >= 0.3 is 6.09 Å². The number of carboxylic acid groups (broad SMARTS) is 1. The number of rotatable bonds is 2. The molecule has 1 aromatic rings. The molecule has 0 aliphatic carbocycles. The van der Waals surface area contributed by atoms with Crippen LogP contribution in [0.5, 0.6) is 0 Å². The predicted octanol–water partition coefficient (Wildman–Crippen LogP) is 0.549. The van der Waals surface area contributed by atoms with Crippen LogP contribution in [0, 0.1) is 0 Å². The van der Waals surface area contributed by atoms with Gasteiger partial charge in [-0.3, -0.25) is 5.84 Å². The third kappa shape index (κ3) is 1.71. The Morgan fingerprint density at radius 3 is 2.42 bits per heavy atom. The van der Waals surface area contributed by atoms with Crippen LogP contribution in [0.4, 0.5) is 10.5 Å². The summed E-state index contributed by atoms with van der Waals surface area (Å²) >= 11 is 0. The molecule has 0 fully saturated rings. The summed E-state index contributed by atoms with van der Waals surface area (Å²) in [4.78, 5) is 10.5. The van der Waals surface area contributed by atoms with Crippen LogP contribution in [0.2, 0.25) is 0 Å². The number of amides is 1. The van der Waals surface area contributed by atoms with E-state index in [1.54, 1.807) is 30.3 Å². The highest BCUT2D eigenvalue weighted by Crippen LogP contribution is 2.09. The van der Waals surface area contributed by atoms with Crippen molar-refractivity contribution >= 4 is 11.8 Å². The zero-order valence-electron chi connectivity index (χ0n) is 6.27. The van der Waals surface area contributed by atoms with Gasteiger partial charge in [0.25, 0.3) is 0 Å². The molecule has 64 valence electrons. The summed E-state index contributed by atoms with van der Waals surface area (Å²) < 4.78 is 0. The fourth-order valence-electron chi connectivity index (χ4n) is 0.817. The van der Waals surface area contributed by atoms with E-state index in [-0.39, 0.29) is 0 Å². The number of carbonyl (C=O) groups is 1. The lowest BCUT2D eigenvalue weighted by molar-refractivity contribution is 0.198. The first-order valence-electron chi connectivity index (χ1n) is 3.30. The number of para-hydroxylation sites is 1. The Labute approximate surface area is 69.3 Å². The molecular weight excluding hydrogens is 158 g/mol. The monoisotopic (exact) mass is 167 g/mol. The van der Waals surface area contributed by atoms with E-state index < -0.39 is 6.09 Å². The molecule has 1 aromatic carbocycles. The molecule has 12 heavy (non-hydrogen) atoms. The van der Waals surface area contributed by atoms with E-state index in [0.717, 1.165) is 5.01 Å². The summed E-state index contributed by atoms with van der Waals surface area (Å²) in [6.07, 6.45) is -1.15. The highest BCUT2D eigenvalue weighted by atomic mass is 16.4. The van der Waals surface area contributed by atoms with Gasteiger partial charge in [-0.15, -0.1) is 0 Å². The smallest absolute Gasteiger partial charge is 0.427 e. The van der Waals surface area contributed by atoms with Crippen LogP contribution in [0.3, 0.4) is 0 Å². The average Bonchev–Trinajstić information content (AvgIpc) is 2.07. The summed E-state index contributed by atoms with van der Waals surface area (Å²) in [6.45, 7) is 0. The lowest BCUT2D eigenvalue weighted by Gasteiger charge is -2.16. The van der Waals surface area contributed by atoms with Crippen molar-refractivity contribution in [1.29, 1.82) is 0 Å². The number of nitrogens with two attached hydrogens (primary N) is 1. The molecular formula is C7H9N3O2. The van der Waals surface area contributed by atoms with Gasteiger partial charge in [0.1, 0.15) is 0 Å². The Bertz CT molecular complexity index is 263. The van der Waals surface area contributed by atoms with E-state index in [4.69, 9.17) is 10.9 Å². The molecule has 1 rings (SSSR count). The van der Waals surface area contributed by atoms with Crippen molar-refractivity contribution in [2.24, 2.45) is 5.84 Å². The molecule has 0 spiro atoms. The second-order valence-electron chi connectivity index (χ2n) is 2.08. The normalized spacial score (nSPS) is 9.42. The van der Waals surface area contributed by atoms with E-state index in [1.165, 1.54) is 0 Å². The van der Waals surface area contributed by atoms with Crippen molar-refractivity contribution in [3.05, 3.63) is 30.3 Å². The molecule has 0 atom stereocenters. The van der Waals surface area contributed by atoms with Crippen molar-refractivity contribution < 1.29 is 9.90 Å². The Morgan fingerprint density at radius 1 is 1.42 bits per heavy atom. The number of benzene rings is 1. The molecule has 0 aliphatic rings. The van der Waals surface area contributed by atoms with Gasteiger partial charge in [-0.2, -0.15) is 10.5 Å². The van der Waals surface area contributed by atoms with Crippen LogP contribution in [0.25, 0.3) is 0 Å². The minimum absolute atomic E-state index is 0.479. The number of nitrogens with zero attached hydrogens (tertiary/aromatic N) is 1. The molecule has 4 N–H and O–H groups in total. The summed E-state index contributed by atoms with van der Waals surface area (Å²) in [6, 6.07) is 8.51. The summed E-state index contributed by atoms with van der Waals surface area (Å²) in [5.74, 6) is 5.00. The van der Waals surface area contributed by atoms with Gasteiger partial charge in [0.2, 0.25) is 0 Å². The van der Waals surface area contributed by atoms with Crippen molar-refractivity contribution in [2.45, 2.75) is 0 Å². The fourth-order valence-corrected chi connectivity index (χ4v) is 0.817. The van der Waals surface area contributed by atoms with Crippen molar-refractivity contribution in [2.75, 3.05) is 5.01 Å². The lowest BCUT2D eigenvalue weighted by Crippen LogP contribution is -2.46. The molecule has 0 saturated carbocycles. The molecule has 0 bridgehead atoms. The van der Waals surface area contributed by atoms with Crippen LogP contribution in [-0.2, 0) is 0 Å². The fraction of sp³-hybridized carbons (Fsp3) is 0. The molecule has 0 saturated heterocycles. The molecule has 0 unspecified atom stereocenters. The second kappa shape index (κ2) is 3.70. The van der Waals surface area contributed by atoms with Crippen molar-refractivity contribution in [3.63, 3.8) is 0 Å². The molecule has 0 radical (unpaired) electrons. The first kappa shape index (κ1) is 8.51. The average molecular weight is 167 g/mol. The van der Waals surface area contributed by atoms with E-state index in [0.29, 0.717) is 5.69 Å². The largest absolute Gasteiger partial charge is 0.464 e. The highest BCUT2D eigenvalue weighted by molar-refractivity contribution is 5.84. The number of hydrogen-bond acceptors (Lipinski definition) is 3. The maximum Gasteiger partial charge on any atom is 0.427 e. The van der Waals surface area contributed by atoms with Gasteiger partial charge in [-0.05, 0) is 12.1 Å². The van der Waals surface area contributed by atoms with Crippen molar-refractivity contribution in [1.82, 2.24) is 5.53 Å². The third-order valence-corrected chi connectivity index (χ3v) is 1.33. The molecule has 0 aromatic heterocycles. The number of nitrogens with one attached hydrogen (secondary N) is 1. The van der Waals surface area contributed by atoms with Gasteiger partial charge in [0.15, 0.2) is 0 Å². The summed E-state index contributed by atoms with van der Waals surface area (Å²) in [5, 5.41) is 9.43. The SMILES string of the molecule is NNN(C(=O)O)c1ccccc1. The topological polar surface area (TPSA) is 78.6 Å². The van der Waals surface area contributed by atoms with Crippen LogP contribution in [0.1, 0.15) is 0 Å². The first-order chi connectivity index (χ1) is 5.75.